The summed E-state index contributed by atoms with van der Waals surface area (Å²) in [6.07, 6.45) is 2.94. The Balaban J connectivity index is 2.04. The number of hydrogen-bond donors (Lipinski definition) is 0. The molecule has 2 rings (SSSR count). The fourth-order valence-corrected chi connectivity index (χ4v) is 2.55. The van der Waals surface area contributed by atoms with Crippen LogP contribution < -0.4 is 0 Å². The van der Waals surface area contributed by atoms with Gasteiger partial charge in [0.05, 0.1) is 12.6 Å². The summed E-state index contributed by atoms with van der Waals surface area (Å²) in [5.41, 5.74) is -0.546. The summed E-state index contributed by atoms with van der Waals surface area (Å²) < 4.78 is 5.38. The maximum atomic E-state index is 12.3. The van der Waals surface area contributed by atoms with Crippen molar-refractivity contribution in [3.63, 3.8) is 0 Å². The van der Waals surface area contributed by atoms with Gasteiger partial charge in [-0.2, -0.15) is 5.06 Å². The molecule has 0 spiro atoms. The molecule has 0 saturated carbocycles. The highest BCUT2D eigenvalue weighted by Crippen LogP contribution is 2.31. The van der Waals surface area contributed by atoms with E-state index in [1.54, 1.807) is 11.0 Å². The number of piperidine rings is 1. The number of carbonyl (C=O) groups is 2. The van der Waals surface area contributed by atoms with Gasteiger partial charge in [-0.3, -0.25) is 4.84 Å². The summed E-state index contributed by atoms with van der Waals surface area (Å²) in [6, 6.07) is -0.748. The molecule has 2 aliphatic heterocycles. The Morgan fingerprint density at radius 3 is 2.75 bits per heavy atom. The standard InChI is InChI=1S/C14H22N2O4/c1-5-8-19-16-10-6-7-11(15(9-10)13(16)18)12(17)20-14(2,3)4/h5,10-11H,1,6-9H2,2-4H3. The highest BCUT2D eigenvalue weighted by Gasteiger charge is 2.48. The third-order valence-corrected chi connectivity index (χ3v) is 3.33. The second-order valence-electron chi connectivity index (χ2n) is 6.13. The fraction of sp³-hybridized carbons (Fsp3) is 0.714. The molecule has 112 valence electrons. The summed E-state index contributed by atoms with van der Waals surface area (Å²) in [5.74, 6) is -0.338. The second kappa shape index (κ2) is 5.44. The molecule has 2 fully saturated rings. The van der Waals surface area contributed by atoms with E-state index in [4.69, 9.17) is 9.57 Å². The molecule has 0 aromatic heterocycles. The number of hydroxylamine groups is 2. The van der Waals surface area contributed by atoms with Crippen LogP contribution in [0.1, 0.15) is 33.6 Å². The molecule has 2 heterocycles. The van der Waals surface area contributed by atoms with Crippen LogP contribution in [0.25, 0.3) is 0 Å². The van der Waals surface area contributed by atoms with E-state index in [2.05, 4.69) is 6.58 Å². The molecular formula is C14H22N2O4. The average molecular weight is 282 g/mol. The van der Waals surface area contributed by atoms with Crippen LogP contribution in [0.4, 0.5) is 4.79 Å². The van der Waals surface area contributed by atoms with Crippen molar-refractivity contribution in [1.29, 1.82) is 0 Å². The van der Waals surface area contributed by atoms with Gasteiger partial charge < -0.3 is 9.64 Å². The van der Waals surface area contributed by atoms with Crippen molar-refractivity contribution >= 4 is 12.0 Å². The monoisotopic (exact) mass is 282 g/mol. The van der Waals surface area contributed by atoms with Gasteiger partial charge in [-0.05, 0) is 33.6 Å². The fourth-order valence-electron chi connectivity index (χ4n) is 2.55. The normalized spacial score (nSPS) is 25.9. The zero-order valence-corrected chi connectivity index (χ0v) is 12.3. The van der Waals surface area contributed by atoms with E-state index in [0.717, 1.165) is 6.42 Å². The van der Waals surface area contributed by atoms with E-state index in [1.807, 2.05) is 20.8 Å². The first kappa shape index (κ1) is 14.8. The van der Waals surface area contributed by atoms with Gasteiger partial charge in [0.25, 0.3) is 0 Å². The van der Waals surface area contributed by atoms with Gasteiger partial charge in [-0.15, -0.1) is 6.58 Å². The van der Waals surface area contributed by atoms with Crippen LogP contribution in [0, 0.1) is 0 Å². The van der Waals surface area contributed by atoms with Gasteiger partial charge in [0, 0.05) is 6.54 Å². The van der Waals surface area contributed by atoms with E-state index >= 15 is 0 Å². The van der Waals surface area contributed by atoms with Gasteiger partial charge in [0.2, 0.25) is 0 Å². The van der Waals surface area contributed by atoms with Crippen molar-refractivity contribution in [3.05, 3.63) is 12.7 Å². The van der Waals surface area contributed by atoms with E-state index in [1.165, 1.54) is 5.06 Å². The number of fused-ring (bicyclic) bond motifs is 2. The molecule has 0 aromatic rings. The summed E-state index contributed by atoms with van der Waals surface area (Å²) in [4.78, 5) is 31.4. The van der Waals surface area contributed by atoms with Gasteiger partial charge in [0.1, 0.15) is 11.6 Å². The second-order valence-corrected chi connectivity index (χ2v) is 6.13. The lowest BCUT2D eigenvalue weighted by molar-refractivity contribution is -0.161. The third-order valence-electron chi connectivity index (χ3n) is 3.33. The lowest BCUT2D eigenvalue weighted by Gasteiger charge is -2.31. The lowest BCUT2D eigenvalue weighted by Crippen LogP contribution is -2.47. The SMILES string of the molecule is C=CCON1C(=O)N2CC1CCC2C(=O)OC(C)(C)C. The lowest BCUT2D eigenvalue weighted by atomic mass is 10.0. The molecule has 20 heavy (non-hydrogen) atoms. The van der Waals surface area contributed by atoms with Crippen LogP contribution >= 0.6 is 0 Å². The van der Waals surface area contributed by atoms with Crippen LogP contribution in [0.3, 0.4) is 0 Å². The zero-order chi connectivity index (χ0) is 14.9. The quantitative estimate of drug-likeness (QED) is 0.582. The van der Waals surface area contributed by atoms with E-state index in [0.29, 0.717) is 13.0 Å². The Labute approximate surface area is 119 Å². The minimum Gasteiger partial charge on any atom is -0.458 e. The maximum absolute atomic E-state index is 12.3. The van der Waals surface area contributed by atoms with E-state index in [9.17, 15) is 9.59 Å². The van der Waals surface area contributed by atoms with Gasteiger partial charge in [-0.25, -0.2) is 9.59 Å². The summed E-state index contributed by atoms with van der Waals surface area (Å²) in [7, 11) is 0. The molecule has 2 aliphatic rings. The first-order chi connectivity index (χ1) is 9.33. The highest BCUT2D eigenvalue weighted by atomic mass is 16.7. The summed E-state index contributed by atoms with van der Waals surface area (Å²) >= 11 is 0. The molecule has 0 radical (unpaired) electrons. The Hall–Kier alpha value is -1.56. The molecule has 0 aliphatic carbocycles. The van der Waals surface area contributed by atoms with Crippen LogP contribution in [0.2, 0.25) is 0 Å². The topological polar surface area (TPSA) is 59.1 Å². The van der Waals surface area contributed by atoms with Crippen molar-refractivity contribution in [1.82, 2.24) is 9.96 Å². The molecule has 6 heteroatoms. The largest absolute Gasteiger partial charge is 0.458 e. The Kier molecular flexibility index (Phi) is 4.04. The number of esters is 1. The molecule has 2 unspecified atom stereocenters. The highest BCUT2D eigenvalue weighted by molar-refractivity contribution is 5.85. The summed E-state index contributed by atoms with van der Waals surface area (Å²) in [5, 5.41) is 1.37. The van der Waals surface area contributed by atoms with Crippen molar-refractivity contribution in [2.24, 2.45) is 0 Å². The van der Waals surface area contributed by atoms with Gasteiger partial charge in [0.15, 0.2) is 0 Å². The van der Waals surface area contributed by atoms with E-state index < -0.39 is 11.6 Å². The zero-order valence-electron chi connectivity index (χ0n) is 12.3. The van der Waals surface area contributed by atoms with Crippen molar-refractivity contribution in [2.45, 2.75) is 51.3 Å². The Morgan fingerprint density at radius 2 is 2.15 bits per heavy atom. The molecule has 2 bridgehead atoms. The number of ether oxygens (including phenoxy) is 1. The van der Waals surface area contributed by atoms with E-state index in [-0.39, 0.29) is 24.6 Å². The first-order valence-electron chi connectivity index (χ1n) is 6.90. The molecule has 2 amide bonds. The van der Waals surface area contributed by atoms with Crippen LogP contribution in [0.15, 0.2) is 12.7 Å². The number of urea groups is 1. The van der Waals surface area contributed by atoms with Gasteiger partial charge >= 0.3 is 12.0 Å². The number of carbonyl (C=O) groups excluding carboxylic acids is 2. The van der Waals surface area contributed by atoms with Crippen molar-refractivity contribution in [3.8, 4) is 0 Å². The van der Waals surface area contributed by atoms with Crippen molar-refractivity contribution in [2.75, 3.05) is 13.2 Å². The predicted octanol–water partition coefficient (Wildman–Crippen LogP) is 1.71. The Morgan fingerprint density at radius 1 is 1.45 bits per heavy atom. The smallest absolute Gasteiger partial charge is 0.345 e. The molecule has 0 N–H and O–H groups in total. The molecule has 0 aromatic carbocycles. The predicted molar refractivity (Wildman–Crippen MR) is 72.7 cm³/mol. The van der Waals surface area contributed by atoms with Gasteiger partial charge in [-0.1, -0.05) is 6.08 Å². The minimum atomic E-state index is -0.546. The molecule has 6 nitrogen and oxygen atoms in total. The number of rotatable bonds is 4. The third kappa shape index (κ3) is 2.95. The molecule has 2 saturated heterocycles. The Bertz CT molecular complexity index is 416. The molecular weight excluding hydrogens is 260 g/mol. The summed E-state index contributed by atoms with van der Waals surface area (Å²) in [6.45, 7) is 9.83. The van der Waals surface area contributed by atoms with Crippen LogP contribution in [-0.4, -0.2) is 52.8 Å². The first-order valence-corrected chi connectivity index (χ1v) is 6.90. The number of amides is 2. The minimum absolute atomic E-state index is 0.0149. The number of nitrogens with zero attached hydrogens (tertiary/aromatic N) is 2. The average Bonchev–Trinajstić information content (AvgIpc) is 2.58. The van der Waals surface area contributed by atoms with Crippen LogP contribution in [0.5, 0.6) is 0 Å². The number of hydrogen-bond acceptors (Lipinski definition) is 4. The van der Waals surface area contributed by atoms with Crippen molar-refractivity contribution < 1.29 is 19.2 Å². The molecule has 2 atom stereocenters. The maximum Gasteiger partial charge on any atom is 0.345 e. The van der Waals surface area contributed by atoms with Crippen LogP contribution in [-0.2, 0) is 14.4 Å².